The number of benzene rings is 2. The van der Waals surface area contributed by atoms with Crippen LogP contribution in [-0.2, 0) is 19.6 Å². The fourth-order valence-corrected chi connectivity index (χ4v) is 8.18. The van der Waals surface area contributed by atoms with Gasteiger partial charge >= 0.3 is 5.97 Å². The highest BCUT2D eigenvalue weighted by Gasteiger charge is 2.52. The maximum absolute atomic E-state index is 14.2. The van der Waals surface area contributed by atoms with E-state index in [1.807, 2.05) is 23.6 Å². The third kappa shape index (κ3) is 5.15. The fraction of sp³-hybridized carbons (Fsp3) is 0.308. The second-order valence-corrected chi connectivity index (χ2v) is 12.7. The van der Waals surface area contributed by atoms with Gasteiger partial charge < -0.3 is 9.84 Å². The molecule has 0 aliphatic carbocycles. The van der Waals surface area contributed by atoms with E-state index < -0.39 is 33.5 Å². The van der Waals surface area contributed by atoms with E-state index in [1.54, 1.807) is 19.2 Å². The van der Waals surface area contributed by atoms with Crippen molar-refractivity contribution in [2.24, 2.45) is 0 Å². The molecule has 1 fully saturated rings. The molecular weight excluding hydrogens is 571 g/mol. The predicted molar refractivity (Wildman–Crippen MR) is 149 cm³/mol. The minimum atomic E-state index is -4.19. The molecule has 1 aliphatic rings. The largest absolute Gasteiger partial charge is 0.496 e. The van der Waals surface area contributed by atoms with Crippen molar-refractivity contribution in [3.05, 3.63) is 64.0 Å². The molecule has 0 saturated carbocycles. The molecule has 202 valence electrons. The van der Waals surface area contributed by atoms with Crippen molar-refractivity contribution in [2.45, 2.75) is 43.2 Å². The van der Waals surface area contributed by atoms with Crippen LogP contribution in [0.25, 0.3) is 11.1 Å². The molecule has 1 N–H and O–H groups in total. The molecule has 4 rings (SSSR count). The molecule has 0 bridgehead atoms. The number of carboxylic acids is 1. The molecule has 1 aromatic heterocycles. The second-order valence-electron chi connectivity index (χ2n) is 9.12. The number of sulfonamides is 1. The number of carboxylic acid groups (broad SMARTS) is 1. The fourth-order valence-electron chi connectivity index (χ4n) is 4.65. The lowest BCUT2D eigenvalue weighted by Gasteiger charge is -2.38. The Labute approximate surface area is 235 Å². The number of amides is 1. The highest BCUT2D eigenvalue weighted by molar-refractivity contribution is 7.89. The zero-order chi connectivity index (χ0) is 27.8. The predicted octanol–water partition coefficient (Wildman–Crippen LogP) is 5.78. The average Bonchev–Trinajstić information content (AvgIpc) is 3.51. The van der Waals surface area contributed by atoms with E-state index in [9.17, 15) is 23.1 Å². The van der Waals surface area contributed by atoms with Gasteiger partial charge in [-0.1, -0.05) is 41.4 Å². The lowest BCUT2D eigenvalue weighted by Crippen LogP contribution is -2.59. The number of hydrogen-bond donors (Lipinski definition) is 1. The van der Waals surface area contributed by atoms with Crippen LogP contribution >= 0.6 is 34.5 Å². The Morgan fingerprint density at radius 1 is 1.16 bits per heavy atom. The minimum Gasteiger partial charge on any atom is -0.496 e. The summed E-state index contributed by atoms with van der Waals surface area (Å²) in [6.07, 6.45) is 0.634. The van der Waals surface area contributed by atoms with Gasteiger partial charge in [0.15, 0.2) is 0 Å². The second kappa shape index (κ2) is 10.9. The molecule has 2 aromatic carbocycles. The number of thiophene rings is 1. The first-order chi connectivity index (χ1) is 17.9. The Bertz CT molecular complexity index is 1470. The van der Waals surface area contributed by atoms with E-state index in [0.29, 0.717) is 17.2 Å². The molecule has 1 unspecified atom stereocenters. The molecule has 38 heavy (non-hydrogen) atoms. The summed E-state index contributed by atoms with van der Waals surface area (Å²) < 4.78 is 34.0. The number of carbonyl (C=O) groups is 2. The molecule has 1 amide bonds. The van der Waals surface area contributed by atoms with E-state index >= 15 is 0 Å². The van der Waals surface area contributed by atoms with Crippen LogP contribution in [0.3, 0.4) is 0 Å². The summed E-state index contributed by atoms with van der Waals surface area (Å²) in [7, 11) is -2.64. The zero-order valence-electron chi connectivity index (χ0n) is 20.9. The molecule has 8 nitrogen and oxygen atoms in total. The Morgan fingerprint density at radius 2 is 1.82 bits per heavy atom. The summed E-state index contributed by atoms with van der Waals surface area (Å²) in [6.45, 7) is 3.01. The monoisotopic (exact) mass is 596 g/mol. The highest BCUT2D eigenvalue weighted by atomic mass is 35.5. The number of ether oxygens (including phenoxy) is 1. The summed E-state index contributed by atoms with van der Waals surface area (Å²) in [5.41, 5.74) is -0.0131. The molecule has 1 saturated heterocycles. The number of halogens is 2. The average molecular weight is 598 g/mol. The number of hydrogen-bond acceptors (Lipinski definition) is 6. The lowest BCUT2D eigenvalue weighted by atomic mass is 9.97. The quantitative estimate of drug-likeness (QED) is 0.353. The summed E-state index contributed by atoms with van der Waals surface area (Å²) in [4.78, 5) is 27.3. The van der Waals surface area contributed by atoms with Crippen LogP contribution in [0, 0.1) is 0 Å². The molecule has 1 aliphatic heterocycles. The maximum atomic E-state index is 14.2. The van der Waals surface area contributed by atoms with Crippen molar-refractivity contribution in [2.75, 3.05) is 18.6 Å². The first-order valence-corrected chi connectivity index (χ1v) is 14.7. The summed E-state index contributed by atoms with van der Waals surface area (Å²) in [5.74, 6) is -1.22. The van der Waals surface area contributed by atoms with Crippen molar-refractivity contribution in [1.82, 2.24) is 4.31 Å². The van der Waals surface area contributed by atoms with Gasteiger partial charge in [-0.15, -0.1) is 11.3 Å². The van der Waals surface area contributed by atoms with E-state index in [0.717, 1.165) is 15.4 Å². The zero-order valence-corrected chi connectivity index (χ0v) is 24.0. The number of para-hydroxylation sites is 1. The molecule has 0 radical (unpaired) electrons. The first kappa shape index (κ1) is 28.4. The Hall–Kier alpha value is -2.63. The van der Waals surface area contributed by atoms with Gasteiger partial charge in [-0.3, -0.25) is 9.69 Å². The minimum absolute atomic E-state index is 0.0842. The summed E-state index contributed by atoms with van der Waals surface area (Å²) in [5, 5.41) is 12.4. The Kier molecular flexibility index (Phi) is 8.11. The third-order valence-electron chi connectivity index (χ3n) is 6.66. The van der Waals surface area contributed by atoms with Crippen LogP contribution in [0.2, 0.25) is 10.0 Å². The number of nitrogens with zero attached hydrogens (tertiary/aromatic N) is 2. The van der Waals surface area contributed by atoms with Crippen LogP contribution in [0.4, 0.5) is 5.00 Å². The number of aliphatic carboxylic acids is 1. The van der Waals surface area contributed by atoms with E-state index in [1.165, 1.54) is 48.3 Å². The van der Waals surface area contributed by atoms with Gasteiger partial charge in [-0.05, 0) is 62.6 Å². The number of carbonyl (C=O) groups excluding carboxylic acids is 1. The number of rotatable bonds is 8. The summed E-state index contributed by atoms with van der Waals surface area (Å²) in [6, 6.07) is 11.8. The molecule has 12 heteroatoms. The van der Waals surface area contributed by atoms with Gasteiger partial charge in [0, 0.05) is 27.5 Å². The van der Waals surface area contributed by atoms with Gasteiger partial charge in [0.2, 0.25) is 15.9 Å². The van der Waals surface area contributed by atoms with Crippen LogP contribution in [0.5, 0.6) is 5.75 Å². The van der Waals surface area contributed by atoms with Crippen LogP contribution in [0.1, 0.15) is 26.7 Å². The molecular formula is C26H26Cl2N2O6S2. The number of methoxy groups -OCH3 is 1. The van der Waals surface area contributed by atoms with Gasteiger partial charge in [-0.2, -0.15) is 4.31 Å². The standard InChI is InChI=1S/C26H26Cl2N2O6S2/c1-16(24(31)32)30(23-11-17(15-37-23)21-7-4-5-8-22(21)36-3)25(33)26(2)9-6-10-29(26)38(34,35)20-13-18(27)12-19(28)14-20/h4-5,7-8,11-16H,6,9-10H2,1-3H3,(H,31,32)/t16-,26?/m0/s1. The van der Waals surface area contributed by atoms with Gasteiger partial charge in [-0.25, -0.2) is 13.2 Å². The Balaban J connectivity index is 1.77. The SMILES string of the molecule is COc1ccccc1-c1csc(N(C(=O)C2(C)CCCN2S(=O)(=O)c2cc(Cl)cc(Cl)c2)[C@@H](C)C(=O)O)c1. The van der Waals surface area contributed by atoms with Crippen LogP contribution in [-0.4, -0.2) is 54.9 Å². The van der Waals surface area contributed by atoms with E-state index in [2.05, 4.69) is 0 Å². The van der Waals surface area contributed by atoms with Crippen molar-refractivity contribution < 1.29 is 27.9 Å². The first-order valence-electron chi connectivity index (χ1n) is 11.7. The molecule has 0 spiro atoms. The smallest absolute Gasteiger partial charge is 0.326 e. The van der Waals surface area contributed by atoms with Crippen molar-refractivity contribution in [3.63, 3.8) is 0 Å². The molecule has 2 atom stereocenters. The van der Waals surface area contributed by atoms with Gasteiger partial charge in [0.05, 0.1) is 17.0 Å². The van der Waals surface area contributed by atoms with Crippen molar-refractivity contribution in [3.8, 4) is 16.9 Å². The van der Waals surface area contributed by atoms with Gasteiger partial charge in [0.25, 0.3) is 0 Å². The molecule has 3 aromatic rings. The highest BCUT2D eigenvalue weighted by Crippen LogP contribution is 2.41. The lowest BCUT2D eigenvalue weighted by molar-refractivity contribution is -0.140. The topological polar surface area (TPSA) is 104 Å². The normalized spacial score (nSPS) is 18.8. The third-order valence-corrected chi connectivity index (χ3v) is 10.0. The number of anilines is 1. The van der Waals surface area contributed by atoms with E-state index in [4.69, 9.17) is 27.9 Å². The van der Waals surface area contributed by atoms with E-state index in [-0.39, 0.29) is 27.9 Å². The van der Waals surface area contributed by atoms with Gasteiger partial charge in [0.1, 0.15) is 17.3 Å². The van der Waals surface area contributed by atoms with Crippen molar-refractivity contribution >= 4 is 61.4 Å². The van der Waals surface area contributed by atoms with Crippen molar-refractivity contribution in [1.29, 1.82) is 0 Å². The summed E-state index contributed by atoms with van der Waals surface area (Å²) >= 11 is 13.3. The van der Waals surface area contributed by atoms with Crippen LogP contribution < -0.4 is 9.64 Å². The van der Waals surface area contributed by atoms with Crippen LogP contribution in [0.15, 0.2) is 58.8 Å². The maximum Gasteiger partial charge on any atom is 0.326 e. The Morgan fingerprint density at radius 3 is 2.45 bits per heavy atom. The molecule has 2 heterocycles.